The van der Waals surface area contributed by atoms with Gasteiger partial charge in [-0.1, -0.05) is 45.3 Å². The second kappa shape index (κ2) is 4.57. The third-order valence-electron chi connectivity index (χ3n) is 4.16. The maximum atomic E-state index is 11.8. The van der Waals surface area contributed by atoms with Crippen molar-refractivity contribution in [2.24, 2.45) is 5.41 Å². The maximum absolute atomic E-state index is 11.8. The number of hydrogen-bond acceptors (Lipinski definition) is 1. The lowest BCUT2D eigenvalue weighted by Crippen LogP contribution is -2.16. The van der Waals surface area contributed by atoms with Crippen LogP contribution in [-0.4, -0.2) is 5.78 Å². The highest BCUT2D eigenvalue weighted by Gasteiger charge is 2.37. The zero-order chi connectivity index (χ0) is 11.6. The average molecular weight is 218 g/mol. The van der Waals surface area contributed by atoms with Gasteiger partial charge in [0.2, 0.25) is 0 Å². The van der Waals surface area contributed by atoms with Crippen LogP contribution in [0.15, 0.2) is 23.3 Å². The van der Waals surface area contributed by atoms with Gasteiger partial charge in [0.1, 0.15) is 0 Å². The van der Waals surface area contributed by atoms with Crippen molar-refractivity contribution in [3.63, 3.8) is 0 Å². The van der Waals surface area contributed by atoms with Crippen LogP contribution in [0.1, 0.15) is 58.8 Å². The van der Waals surface area contributed by atoms with Crippen LogP contribution in [-0.2, 0) is 4.79 Å². The van der Waals surface area contributed by atoms with Gasteiger partial charge in [0.15, 0.2) is 5.78 Å². The summed E-state index contributed by atoms with van der Waals surface area (Å²) < 4.78 is 0. The minimum Gasteiger partial charge on any atom is -0.294 e. The molecule has 0 spiro atoms. The van der Waals surface area contributed by atoms with E-state index in [1.807, 2.05) is 6.08 Å². The molecule has 0 amide bonds. The fourth-order valence-corrected chi connectivity index (χ4v) is 3.06. The van der Waals surface area contributed by atoms with Crippen molar-refractivity contribution in [3.05, 3.63) is 23.3 Å². The fourth-order valence-electron chi connectivity index (χ4n) is 3.06. The van der Waals surface area contributed by atoms with Crippen LogP contribution < -0.4 is 0 Å². The first-order valence-corrected chi connectivity index (χ1v) is 6.61. The second-order valence-electron chi connectivity index (χ2n) is 5.44. The predicted molar refractivity (Wildman–Crippen MR) is 67.3 cm³/mol. The Morgan fingerprint density at radius 3 is 2.94 bits per heavy atom. The Morgan fingerprint density at radius 1 is 1.38 bits per heavy atom. The quantitative estimate of drug-likeness (QED) is 0.646. The van der Waals surface area contributed by atoms with E-state index in [0.29, 0.717) is 12.2 Å². The van der Waals surface area contributed by atoms with Crippen molar-refractivity contribution in [2.75, 3.05) is 0 Å². The van der Waals surface area contributed by atoms with Gasteiger partial charge in [0, 0.05) is 6.42 Å². The highest BCUT2D eigenvalue weighted by molar-refractivity contribution is 5.99. The zero-order valence-electron chi connectivity index (χ0n) is 10.5. The summed E-state index contributed by atoms with van der Waals surface area (Å²) in [6, 6.07) is 0. The Bertz CT molecular complexity index is 348. The molecular formula is C15H22O. The monoisotopic (exact) mass is 218 g/mol. The smallest absolute Gasteiger partial charge is 0.162 e. The molecule has 2 aliphatic rings. The Labute approximate surface area is 98.6 Å². The van der Waals surface area contributed by atoms with Crippen molar-refractivity contribution in [3.8, 4) is 0 Å². The number of unbranched alkanes of at least 4 members (excludes halogenated alkanes) is 2. The molecule has 1 heteroatoms. The number of Topliss-reactive ketones (excluding diaryl/α,β-unsaturated/α-hetero) is 1. The summed E-state index contributed by atoms with van der Waals surface area (Å²) in [6.07, 6.45) is 12.2. The Balaban J connectivity index is 2.12. The molecule has 1 unspecified atom stereocenters. The van der Waals surface area contributed by atoms with E-state index in [0.717, 1.165) is 12.0 Å². The van der Waals surface area contributed by atoms with E-state index in [1.165, 1.54) is 37.7 Å². The minimum absolute atomic E-state index is 0.289. The number of carbonyl (C=O) groups excluding carboxylic acids is 1. The molecular weight excluding hydrogens is 196 g/mol. The third-order valence-corrected chi connectivity index (χ3v) is 4.16. The summed E-state index contributed by atoms with van der Waals surface area (Å²) in [4.78, 5) is 11.8. The first kappa shape index (κ1) is 11.6. The standard InChI is InChI=1S/C15H22O/c1-3-4-5-10-15(2)11-9-12-13(15)7-6-8-14(12)16/h6-7H,3-5,8-11H2,1-2H3. The van der Waals surface area contributed by atoms with Crippen LogP contribution in [0.5, 0.6) is 0 Å². The number of hydrogen-bond donors (Lipinski definition) is 0. The molecule has 0 saturated carbocycles. The molecule has 16 heavy (non-hydrogen) atoms. The summed E-state index contributed by atoms with van der Waals surface area (Å²) in [7, 11) is 0. The van der Waals surface area contributed by atoms with E-state index in [2.05, 4.69) is 19.9 Å². The van der Waals surface area contributed by atoms with Crippen molar-refractivity contribution >= 4 is 5.78 Å². The van der Waals surface area contributed by atoms with E-state index in [4.69, 9.17) is 0 Å². The summed E-state index contributed by atoms with van der Waals surface area (Å²) in [5, 5.41) is 0. The van der Waals surface area contributed by atoms with E-state index < -0.39 is 0 Å². The normalized spacial score (nSPS) is 28.8. The predicted octanol–water partition coefficient (Wildman–Crippen LogP) is 4.19. The summed E-state index contributed by atoms with van der Waals surface area (Å²) in [6.45, 7) is 4.58. The fraction of sp³-hybridized carbons (Fsp3) is 0.667. The Hall–Kier alpha value is -0.850. The van der Waals surface area contributed by atoms with Crippen molar-refractivity contribution in [1.82, 2.24) is 0 Å². The molecule has 2 rings (SSSR count). The second-order valence-corrected chi connectivity index (χ2v) is 5.44. The molecule has 0 N–H and O–H groups in total. The number of carbonyl (C=O) groups is 1. The average Bonchev–Trinajstić information content (AvgIpc) is 2.59. The van der Waals surface area contributed by atoms with E-state index in [9.17, 15) is 4.79 Å². The molecule has 0 aromatic rings. The lowest BCUT2D eigenvalue weighted by atomic mass is 9.77. The number of ketones is 1. The molecule has 0 bridgehead atoms. The highest BCUT2D eigenvalue weighted by Crippen LogP contribution is 2.48. The van der Waals surface area contributed by atoms with Gasteiger partial charge in [-0.2, -0.15) is 0 Å². The summed E-state index contributed by atoms with van der Waals surface area (Å²) in [5.74, 6) is 0.372. The number of rotatable bonds is 4. The van der Waals surface area contributed by atoms with Gasteiger partial charge in [0.05, 0.1) is 0 Å². The molecule has 0 aliphatic heterocycles. The van der Waals surface area contributed by atoms with E-state index in [1.54, 1.807) is 0 Å². The first-order chi connectivity index (χ1) is 7.67. The van der Waals surface area contributed by atoms with Crippen LogP contribution in [0.2, 0.25) is 0 Å². The van der Waals surface area contributed by atoms with Crippen molar-refractivity contribution < 1.29 is 4.79 Å². The Kier molecular flexibility index (Phi) is 3.32. The highest BCUT2D eigenvalue weighted by atomic mass is 16.1. The maximum Gasteiger partial charge on any atom is 0.162 e. The van der Waals surface area contributed by atoms with Gasteiger partial charge >= 0.3 is 0 Å². The molecule has 1 atom stereocenters. The SMILES string of the molecule is CCCCCC1(C)CCC2=C1C=CCC2=O. The molecule has 0 aromatic carbocycles. The molecule has 0 fully saturated rings. The third kappa shape index (κ3) is 2.00. The largest absolute Gasteiger partial charge is 0.294 e. The number of allylic oxidation sites excluding steroid dienone is 4. The van der Waals surface area contributed by atoms with Gasteiger partial charge in [-0.25, -0.2) is 0 Å². The molecule has 1 nitrogen and oxygen atoms in total. The molecule has 2 aliphatic carbocycles. The summed E-state index contributed by atoms with van der Waals surface area (Å²) in [5.41, 5.74) is 2.79. The molecule has 0 saturated heterocycles. The van der Waals surface area contributed by atoms with Crippen LogP contribution in [0.25, 0.3) is 0 Å². The van der Waals surface area contributed by atoms with Crippen LogP contribution in [0.4, 0.5) is 0 Å². The van der Waals surface area contributed by atoms with Gasteiger partial charge < -0.3 is 0 Å². The van der Waals surface area contributed by atoms with Gasteiger partial charge in [0.25, 0.3) is 0 Å². The van der Waals surface area contributed by atoms with E-state index >= 15 is 0 Å². The van der Waals surface area contributed by atoms with E-state index in [-0.39, 0.29) is 5.41 Å². The zero-order valence-corrected chi connectivity index (χ0v) is 10.5. The van der Waals surface area contributed by atoms with Crippen LogP contribution in [0, 0.1) is 5.41 Å². The van der Waals surface area contributed by atoms with Gasteiger partial charge in [-0.15, -0.1) is 0 Å². The summed E-state index contributed by atoms with van der Waals surface area (Å²) >= 11 is 0. The molecule has 0 heterocycles. The molecule has 0 aromatic heterocycles. The topological polar surface area (TPSA) is 17.1 Å². The molecule has 0 radical (unpaired) electrons. The van der Waals surface area contributed by atoms with Crippen molar-refractivity contribution in [1.29, 1.82) is 0 Å². The molecule has 88 valence electrons. The van der Waals surface area contributed by atoms with Crippen molar-refractivity contribution in [2.45, 2.75) is 58.8 Å². The lowest BCUT2D eigenvalue weighted by Gasteiger charge is -2.27. The van der Waals surface area contributed by atoms with Crippen LogP contribution in [0.3, 0.4) is 0 Å². The minimum atomic E-state index is 0.289. The van der Waals surface area contributed by atoms with Crippen LogP contribution >= 0.6 is 0 Å². The first-order valence-electron chi connectivity index (χ1n) is 6.61. The Morgan fingerprint density at radius 2 is 2.19 bits per heavy atom. The lowest BCUT2D eigenvalue weighted by molar-refractivity contribution is -0.115. The van der Waals surface area contributed by atoms with Gasteiger partial charge in [-0.3, -0.25) is 4.79 Å². The van der Waals surface area contributed by atoms with Gasteiger partial charge in [-0.05, 0) is 35.8 Å².